The maximum atomic E-state index is 13.1. The van der Waals surface area contributed by atoms with Gasteiger partial charge in [0.25, 0.3) is 5.91 Å². The molecule has 1 amide bonds. The minimum absolute atomic E-state index is 0.0539. The summed E-state index contributed by atoms with van der Waals surface area (Å²) in [5.41, 5.74) is 5.47. The lowest BCUT2D eigenvalue weighted by Crippen LogP contribution is -2.42. The van der Waals surface area contributed by atoms with Crippen LogP contribution in [0.25, 0.3) is 0 Å². The number of amidine groups is 1. The Bertz CT molecular complexity index is 528. The summed E-state index contributed by atoms with van der Waals surface area (Å²) >= 11 is 0. The van der Waals surface area contributed by atoms with E-state index >= 15 is 0 Å². The van der Waals surface area contributed by atoms with Gasteiger partial charge in [0.1, 0.15) is 17.5 Å². The molecule has 1 aromatic rings. The summed E-state index contributed by atoms with van der Waals surface area (Å²) < 4.78 is 26.1. The van der Waals surface area contributed by atoms with Crippen LogP contribution in [0.4, 0.5) is 8.78 Å². The molecule has 1 aromatic carbocycles. The second kappa shape index (κ2) is 5.85. The molecule has 108 valence electrons. The van der Waals surface area contributed by atoms with Gasteiger partial charge < -0.3 is 16.3 Å². The zero-order valence-corrected chi connectivity index (χ0v) is 10.6. The van der Waals surface area contributed by atoms with Gasteiger partial charge in [-0.25, -0.2) is 8.78 Å². The smallest absolute Gasteiger partial charge is 0.251 e. The van der Waals surface area contributed by atoms with E-state index in [9.17, 15) is 13.6 Å². The van der Waals surface area contributed by atoms with Crippen molar-refractivity contribution in [2.24, 2.45) is 16.8 Å². The molecular weight excluding hydrogens is 268 g/mol. The fourth-order valence-corrected chi connectivity index (χ4v) is 2.50. The lowest BCUT2D eigenvalue weighted by atomic mass is 10.0. The van der Waals surface area contributed by atoms with E-state index in [4.69, 9.17) is 10.9 Å². The molecule has 1 aliphatic rings. The molecule has 20 heavy (non-hydrogen) atoms. The number of hydrogen-bond donors (Lipinski definition) is 3. The number of hydrogen-bond acceptors (Lipinski definition) is 3. The van der Waals surface area contributed by atoms with Crippen molar-refractivity contribution in [2.75, 3.05) is 0 Å². The normalized spacial score (nSPS) is 22.8. The zero-order valence-electron chi connectivity index (χ0n) is 10.6. The second-order valence-electron chi connectivity index (χ2n) is 4.80. The molecule has 0 heterocycles. The van der Waals surface area contributed by atoms with Gasteiger partial charge in [-0.2, -0.15) is 0 Å². The van der Waals surface area contributed by atoms with Crippen molar-refractivity contribution in [3.05, 3.63) is 35.4 Å². The number of nitrogens with two attached hydrogens (primary N) is 1. The van der Waals surface area contributed by atoms with Gasteiger partial charge in [0.2, 0.25) is 0 Å². The fraction of sp³-hybridized carbons (Fsp3) is 0.385. The number of carbonyl (C=O) groups excluding carboxylic acids is 1. The van der Waals surface area contributed by atoms with E-state index in [1.54, 1.807) is 0 Å². The van der Waals surface area contributed by atoms with Crippen LogP contribution in [0.3, 0.4) is 0 Å². The average molecular weight is 283 g/mol. The predicted octanol–water partition coefficient (Wildman–Crippen LogP) is 1.61. The molecule has 2 atom stereocenters. The predicted molar refractivity (Wildman–Crippen MR) is 68.4 cm³/mol. The Balaban J connectivity index is 2.11. The summed E-state index contributed by atoms with van der Waals surface area (Å²) in [6.07, 6.45) is 2.19. The van der Waals surface area contributed by atoms with Gasteiger partial charge in [-0.05, 0) is 25.0 Å². The largest absolute Gasteiger partial charge is 0.409 e. The van der Waals surface area contributed by atoms with Crippen LogP contribution >= 0.6 is 0 Å². The minimum Gasteiger partial charge on any atom is -0.409 e. The van der Waals surface area contributed by atoms with E-state index in [0.717, 1.165) is 18.6 Å². The van der Waals surface area contributed by atoms with Crippen LogP contribution in [0.15, 0.2) is 23.4 Å². The maximum Gasteiger partial charge on any atom is 0.251 e. The first kappa shape index (κ1) is 14.2. The fourth-order valence-electron chi connectivity index (χ4n) is 2.50. The molecule has 0 saturated heterocycles. The summed E-state index contributed by atoms with van der Waals surface area (Å²) in [6.45, 7) is 0. The van der Waals surface area contributed by atoms with E-state index in [1.807, 2.05) is 0 Å². The van der Waals surface area contributed by atoms with Crippen molar-refractivity contribution in [2.45, 2.75) is 25.3 Å². The van der Waals surface area contributed by atoms with E-state index in [0.29, 0.717) is 18.9 Å². The molecule has 0 bridgehead atoms. The molecule has 0 aromatic heterocycles. The van der Waals surface area contributed by atoms with Crippen LogP contribution in [-0.2, 0) is 0 Å². The second-order valence-corrected chi connectivity index (χ2v) is 4.80. The first-order valence-corrected chi connectivity index (χ1v) is 6.25. The number of rotatable bonds is 3. The SMILES string of the molecule is NC(=NO)C1CCCC1NC(=O)c1cc(F)cc(F)c1. The summed E-state index contributed by atoms with van der Waals surface area (Å²) in [6, 6.07) is 2.33. The highest BCUT2D eigenvalue weighted by Gasteiger charge is 2.32. The van der Waals surface area contributed by atoms with Crippen LogP contribution in [0.5, 0.6) is 0 Å². The van der Waals surface area contributed by atoms with Crippen molar-refractivity contribution < 1.29 is 18.8 Å². The molecule has 1 saturated carbocycles. The number of nitrogens with zero attached hydrogens (tertiary/aromatic N) is 1. The quantitative estimate of drug-likeness (QED) is 0.341. The van der Waals surface area contributed by atoms with Gasteiger partial charge in [-0.1, -0.05) is 11.6 Å². The third-order valence-electron chi connectivity index (χ3n) is 3.45. The first-order chi connectivity index (χ1) is 9.51. The number of carbonyl (C=O) groups is 1. The lowest BCUT2D eigenvalue weighted by Gasteiger charge is -2.19. The summed E-state index contributed by atoms with van der Waals surface area (Å²) in [5, 5.41) is 14.3. The lowest BCUT2D eigenvalue weighted by molar-refractivity contribution is 0.0932. The first-order valence-electron chi connectivity index (χ1n) is 6.25. The third kappa shape index (κ3) is 3.04. The summed E-state index contributed by atoms with van der Waals surface area (Å²) in [4.78, 5) is 12.0. The van der Waals surface area contributed by atoms with Gasteiger partial charge in [-0.3, -0.25) is 4.79 Å². The number of nitrogens with one attached hydrogen (secondary N) is 1. The molecule has 1 aliphatic carbocycles. The van der Waals surface area contributed by atoms with Crippen molar-refractivity contribution in [1.29, 1.82) is 0 Å². The third-order valence-corrected chi connectivity index (χ3v) is 3.45. The molecule has 2 rings (SSSR count). The van der Waals surface area contributed by atoms with Gasteiger partial charge in [0.05, 0.1) is 0 Å². The van der Waals surface area contributed by atoms with E-state index in [-0.39, 0.29) is 23.4 Å². The van der Waals surface area contributed by atoms with Crippen molar-refractivity contribution >= 4 is 11.7 Å². The van der Waals surface area contributed by atoms with Crippen LogP contribution in [-0.4, -0.2) is 23.0 Å². The zero-order chi connectivity index (χ0) is 14.7. The van der Waals surface area contributed by atoms with E-state index in [2.05, 4.69) is 10.5 Å². The Morgan fingerprint density at radius 3 is 2.55 bits per heavy atom. The Hall–Kier alpha value is -2.18. The van der Waals surface area contributed by atoms with E-state index in [1.165, 1.54) is 0 Å². The molecule has 7 heteroatoms. The highest BCUT2D eigenvalue weighted by molar-refractivity contribution is 5.95. The topological polar surface area (TPSA) is 87.7 Å². The minimum atomic E-state index is -0.811. The standard InChI is InChI=1S/C13H15F2N3O2/c14-8-4-7(5-9(15)6-8)13(19)17-11-3-1-2-10(11)12(16)18-20/h4-6,10-11,20H,1-3H2,(H2,16,18)(H,17,19). The van der Waals surface area contributed by atoms with Crippen LogP contribution in [0, 0.1) is 17.6 Å². The Kier molecular flexibility index (Phi) is 4.16. The number of halogens is 2. The van der Waals surface area contributed by atoms with E-state index < -0.39 is 17.5 Å². The Morgan fingerprint density at radius 2 is 1.95 bits per heavy atom. The molecule has 4 N–H and O–H groups in total. The molecule has 2 unspecified atom stereocenters. The van der Waals surface area contributed by atoms with Crippen LogP contribution in [0.1, 0.15) is 29.6 Å². The molecular formula is C13H15F2N3O2. The van der Waals surface area contributed by atoms with Crippen LogP contribution in [0.2, 0.25) is 0 Å². The molecule has 0 aliphatic heterocycles. The monoisotopic (exact) mass is 283 g/mol. The molecule has 0 radical (unpaired) electrons. The van der Waals surface area contributed by atoms with Gasteiger partial charge >= 0.3 is 0 Å². The molecule has 0 spiro atoms. The van der Waals surface area contributed by atoms with Crippen LogP contribution < -0.4 is 11.1 Å². The maximum absolute atomic E-state index is 13.1. The van der Waals surface area contributed by atoms with Crippen molar-refractivity contribution in [3.8, 4) is 0 Å². The highest BCUT2D eigenvalue weighted by Crippen LogP contribution is 2.26. The van der Waals surface area contributed by atoms with Gasteiger partial charge in [0, 0.05) is 23.6 Å². The summed E-state index contributed by atoms with van der Waals surface area (Å²) in [5.74, 6) is -2.41. The summed E-state index contributed by atoms with van der Waals surface area (Å²) in [7, 11) is 0. The molecule has 5 nitrogen and oxygen atoms in total. The Labute approximate surface area is 114 Å². The number of benzene rings is 1. The van der Waals surface area contributed by atoms with Crippen molar-refractivity contribution in [3.63, 3.8) is 0 Å². The van der Waals surface area contributed by atoms with Gasteiger partial charge in [0.15, 0.2) is 0 Å². The highest BCUT2D eigenvalue weighted by atomic mass is 19.1. The molecule has 1 fully saturated rings. The van der Waals surface area contributed by atoms with Crippen molar-refractivity contribution in [1.82, 2.24) is 5.32 Å². The number of oxime groups is 1. The van der Waals surface area contributed by atoms with Gasteiger partial charge in [-0.15, -0.1) is 0 Å². The number of amides is 1. The average Bonchev–Trinajstić information content (AvgIpc) is 2.84. The Morgan fingerprint density at radius 1 is 1.30 bits per heavy atom.